The third-order valence-corrected chi connectivity index (χ3v) is 3.77. The van der Waals surface area contributed by atoms with Crippen LogP contribution in [-0.4, -0.2) is 23.5 Å². The zero-order valence-electron chi connectivity index (χ0n) is 10.9. The molecule has 0 aliphatic heterocycles. The van der Waals surface area contributed by atoms with E-state index in [0.29, 0.717) is 17.8 Å². The molecular formula is C13H23NO3. The molecule has 17 heavy (non-hydrogen) atoms. The summed E-state index contributed by atoms with van der Waals surface area (Å²) in [6.07, 6.45) is 3.13. The molecule has 1 saturated carbocycles. The van der Waals surface area contributed by atoms with Gasteiger partial charge < -0.3 is 10.4 Å². The molecule has 0 aromatic carbocycles. The van der Waals surface area contributed by atoms with Crippen molar-refractivity contribution in [3.8, 4) is 0 Å². The van der Waals surface area contributed by atoms with Gasteiger partial charge in [0, 0.05) is 5.92 Å². The Bertz CT molecular complexity index is 288. The van der Waals surface area contributed by atoms with Crippen LogP contribution in [0.15, 0.2) is 0 Å². The van der Waals surface area contributed by atoms with Crippen LogP contribution in [0, 0.1) is 23.7 Å². The van der Waals surface area contributed by atoms with Crippen LogP contribution >= 0.6 is 0 Å². The van der Waals surface area contributed by atoms with Crippen LogP contribution in [0.2, 0.25) is 0 Å². The highest BCUT2D eigenvalue weighted by atomic mass is 16.4. The highest BCUT2D eigenvalue weighted by Crippen LogP contribution is 2.37. The van der Waals surface area contributed by atoms with Crippen LogP contribution < -0.4 is 5.32 Å². The Hall–Kier alpha value is -1.06. The predicted molar refractivity (Wildman–Crippen MR) is 65.5 cm³/mol. The minimum Gasteiger partial charge on any atom is -0.480 e. The van der Waals surface area contributed by atoms with E-state index in [1.165, 1.54) is 6.42 Å². The molecule has 3 atom stereocenters. The standard InChI is InChI=1S/C13H23NO3/c1-8(2)10-5-4-9(3)6-11(10)13(17)14-7-12(15)16/h8-11H,4-7H2,1-3H3,(H,14,17)(H,15,16)/t9-,10+,11-/m1/s1. The van der Waals surface area contributed by atoms with Gasteiger partial charge in [0.2, 0.25) is 5.91 Å². The monoisotopic (exact) mass is 241 g/mol. The highest BCUT2D eigenvalue weighted by Gasteiger charge is 2.35. The van der Waals surface area contributed by atoms with Crippen molar-refractivity contribution in [1.29, 1.82) is 0 Å². The van der Waals surface area contributed by atoms with Crippen LogP contribution in [0.5, 0.6) is 0 Å². The van der Waals surface area contributed by atoms with Crippen molar-refractivity contribution in [3.63, 3.8) is 0 Å². The van der Waals surface area contributed by atoms with E-state index in [2.05, 4.69) is 26.1 Å². The normalized spacial score (nSPS) is 29.1. The molecule has 2 N–H and O–H groups in total. The van der Waals surface area contributed by atoms with Crippen molar-refractivity contribution in [3.05, 3.63) is 0 Å². The summed E-state index contributed by atoms with van der Waals surface area (Å²) < 4.78 is 0. The molecule has 0 unspecified atom stereocenters. The number of carbonyl (C=O) groups excluding carboxylic acids is 1. The average Bonchev–Trinajstić information content (AvgIpc) is 2.25. The maximum Gasteiger partial charge on any atom is 0.322 e. The van der Waals surface area contributed by atoms with E-state index in [0.717, 1.165) is 12.8 Å². The lowest BCUT2D eigenvalue weighted by molar-refractivity contribution is -0.139. The van der Waals surface area contributed by atoms with Gasteiger partial charge in [0.05, 0.1) is 0 Å². The Morgan fingerprint density at radius 1 is 1.35 bits per heavy atom. The first-order valence-corrected chi connectivity index (χ1v) is 6.41. The summed E-state index contributed by atoms with van der Waals surface area (Å²) in [7, 11) is 0. The van der Waals surface area contributed by atoms with Gasteiger partial charge in [-0.3, -0.25) is 9.59 Å². The van der Waals surface area contributed by atoms with Gasteiger partial charge >= 0.3 is 5.97 Å². The first-order valence-electron chi connectivity index (χ1n) is 6.41. The Morgan fingerprint density at radius 2 is 2.00 bits per heavy atom. The van der Waals surface area contributed by atoms with E-state index in [-0.39, 0.29) is 18.4 Å². The molecule has 0 bridgehead atoms. The molecule has 1 fully saturated rings. The Kier molecular flexibility index (Phi) is 4.97. The van der Waals surface area contributed by atoms with Crippen molar-refractivity contribution < 1.29 is 14.7 Å². The van der Waals surface area contributed by atoms with Crippen molar-refractivity contribution >= 4 is 11.9 Å². The number of hydrogen-bond acceptors (Lipinski definition) is 2. The quantitative estimate of drug-likeness (QED) is 0.790. The average molecular weight is 241 g/mol. The number of nitrogens with one attached hydrogen (secondary N) is 1. The molecule has 0 saturated heterocycles. The third kappa shape index (κ3) is 4.02. The van der Waals surface area contributed by atoms with Crippen LogP contribution in [-0.2, 0) is 9.59 Å². The summed E-state index contributed by atoms with van der Waals surface area (Å²) >= 11 is 0. The molecule has 1 aliphatic carbocycles. The minimum absolute atomic E-state index is 0.0156. The Morgan fingerprint density at radius 3 is 2.53 bits per heavy atom. The fraction of sp³-hybridized carbons (Fsp3) is 0.846. The van der Waals surface area contributed by atoms with Gasteiger partial charge in [0.1, 0.15) is 6.54 Å². The number of carbonyl (C=O) groups is 2. The van der Waals surface area contributed by atoms with E-state index in [9.17, 15) is 9.59 Å². The largest absolute Gasteiger partial charge is 0.480 e. The van der Waals surface area contributed by atoms with Gasteiger partial charge in [0.25, 0.3) is 0 Å². The number of aliphatic carboxylic acids is 1. The van der Waals surface area contributed by atoms with E-state index in [1.54, 1.807) is 0 Å². The summed E-state index contributed by atoms with van der Waals surface area (Å²) in [5.74, 6) is 0.340. The van der Waals surface area contributed by atoms with Crippen molar-refractivity contribution in [2.45, 2.75) is 40.0 Å². The molecule has 1 amide bonds. The van der Waals surface area contributed by atoms with Gasteiger partial charge in [-0.2, -0.15) is 0 Å². The second kappa shape index (κ2) is 6.03. The Balaban J connectivity index is 2.62. The van der Waals surface area contributed by atoms with Crippen LogP contribution in [0.3, 0.4) is 0 Å². The zero-order chi connectivity index (χ0) is 13.0. The number of amides is 1. The summed E-state index contributed by atoms with van der Waals surface area (Å²) in [5.41, 5.74) is 0. The first-order chi connectivity index (χ1) is 7.91. The molecular weight excluding hydrogens is 218 g/mol. The van der Waals surface area contributed by atoms with Crippen LogP contribution in [0.1, 0.15) is 40.0 Å². The molecule has 1 aliphatic rings. The number of carboxylic acids is 1. The maximum atomic E-state index is 12.0. The molecule has 4 nitrogen and oxygen atoms in total. The van der Waals surface area contributed by atoms with Gasteiger partial charge in [-0.1, -0.05) is 27.2 Å². The highest BCUT2D eigenvalue weighted by molar-refractivity contribution is 5.83. The maximum absolute atomic E-state index is 12.0. The third-order valence-electron chi connectivity index (χ3n) is 3.77. The second-order valence-electron chi connectivity index (χ2n) is 5.54. The van der Waals surface area contributed by atoms with E-state index >= 15 is 0 Å². The fourth-order valence-corrected chi connectivity index (χ4v) is 2.80. The lowest BCUT2D eigenvalue weighted by Gasteiger charge is -2.36. The molecule has 0 heterocycles. The van der Waals surface area contributed by atoms with Crippen LogP contribution in [0.4, 0.5) is 0 Å². The molecule has 1 rings (SSSR count). The van der Waals surface area contributed by atoms with Gasteiger partial charge in [-0.25, -0.2) is 0 Å². The van der Waals surface area contributed by atoms with Crippen molar-refractivity contribution in [2.24, 2.45) is 23.7 Å². The number of rotatable bonds is 4. The SMILES string of the molecule is CC(C)[C@@H]1CC[C@@H](C)C[C@H]1C(=O)NCC(=O)O. The minimum atomic E-state index is -0.983. The van der Waals surface area contributed by atoms with Gasteiger partial charge in [-0.15, -0.1) is 0 Å². The summed E-state index contributed by atoms with van der Waals surface area (Å²) in [5, 5.41) is 11.1. The first kappa shape index (κ1) is 14.0. The van der Waals surface area contributed by atoms with Crippen molar-refractivity contribution in [1.82, 2.24) is 5.32 Å². The van der Waals surface area contributed by atoms with Crippen molar-refractivity contribution in [2.75, 3.05) is 6.54 Å². The van der Waals surface area contributed by atoms with E-state index < -0.39 is 5.97 Å². The summed E-state index contributed by atoms with van der Waals surface area (Å²) in [6.45, 7) is 6.17. The number of hydrogen-bond donors (Lipinski definition) is 2. The topological polar surface area (TPSA) is 66.4 Å². The second-order valence-corrected chi connectivity index (χ2v) is 5.54. The number of carboxylic acid groups (broad SMARTS) is 1. The Labute approximate surface area is 103 Å². The fourth-order valence-electron chi connectivity index (χ4n) is 2.80. The smallest absolute Gasteiger partial charge is 0.322 e. The summed E-state index contributed by atoms with van der Waals surface area (Å²) in [4.78, 5) is 22.4. The molecule has 4 heteroatoms. The van der Waals surface area contributed by atoms with Gasteiger partial charge in [0.15, 0.2) is 0 Å². The molecule has 0 aromatic rings. The van der Waals surface area contributed by atoms with Crippen LogP contribution in [0.25, 0.3) is 0 Å². The lowest BCUT2D eigenvalue weighted by Crippen LogP contribution is -2.41. The zero-order valence-corrected chi connectivity index (χ0v) is 10.9. The molecule has 0 aromatic heterocycles. The molecule has 98 valence electrons. The molecule has 0 spiro atoms. The lowest BCUT2D eigenvalue weighted by atomic mass is 9.70. The summed E-state index contributed by atoms with van der Waals surface area (Å²) in [6, 6.07) is 0. The molecule has 0 radical (unpaired) electrons. The van der Waals surface area contributed by atoms with E-state index in [1.807, 2.05) is 0 Å². The van der Waals surface area contributed by atoms with E-state index in [4.69, 9.17) is 5.11 Å². The predicted octanol–water partition coefficient (Wildman–Crippen LogP) is 1.90. The van der Waals surface area contributed by atoms with Gasteiger partial charge in [-0.05, 0) is 30.6 Å².